The third kappa shape index (κ3) is 4.93. The molecule has 0 radical (unpaired) electrons. The predicted molar refractivity (Wildman–Crippen MR) is 219 cm³/mol. The molecule has 1 heteroatoms. The van der Waals surface area contributed by atoms with Crippen LogP contribution in [0, 0.1) is 12.0 Å². The first-order valence-electron chi connectivity index (χ1n) is 17.2. The van der Waals surface area contributed by atoms with Crippen molar-refractivity contribution < 1.29 is 0 Å². The van der Waals surface area contributed by atoms with Crippen LogP contribution in [0.5, 0.6) is 0 Å². The van der Waals surface area contributed by atoms with Gasteiger partial charge in [0, 0.05) is 0 Å². The Morgan fingerprint density at radius 1 is 0.360 bits per heavy atom. The number of fused-ring (bicyclic) bond motifs is 4. The van der Waals surface area contributed by atoms with Crippen LogP contribution in [0.3, 0.4) is 0 Å². The summed E-state index contributed by atoms with van der Waals surface area (Å²) in [4.78, 5) is 0. The first kappa shape index (κ1) is 29.9. The second-order valence-corrected chi connectivity index (χ2v) is 17.1. The normalized spacial score (nSPS) is 12.6. The van der Waals surface area contributed by atoms with E-state index in [9.17, 15) is 0 Å². The summed E-state index contributed by atoms with van der Waals surface area (Å²) in [5.74, 6) is 0. The summed E-state index contributed by atoms with van der Waals surface area (Å²) >= 11 is 0. The molecule has 0 heterocycles. The van der Waals surface area contributed by atoms with E-state index < -0.39 is 8.07 Å². The fraction of sp³-hybridized carbons (Fsp3) is 0.0204. The third-order valence-corrected chi connectivity index (χ3v) is 14.0. The molecule has 9 aromatic rings. The van der Waals surface area contributed by atoms with Gasteiger partial charge in [-0.3, -0.25) is 0 Å². The van der Waals surface area contributed by atoms with Crippen molar-refractivity contribution in [3.05, 3.63) is 182 Å². The van der Waals surface area contributed by atoms with Crippen LogP contribution < -0.4 is 10.4 Å². The van der Waals surface area contributed by atoms with Gasteiger partial charge < -0.3 is 0 Å². The van der Waals surface area contributed by atoms with Gasteiger partial charge in [-0.2, -0.15) is 0 Å². The fourth-order valence-electron chi connectivity index (χ4n) is 7.77. The van der Waals surface area contributed by atoms with Crippen LogP contribution in [0.2, 0.25) is 6.55 Å². The molecule has 0 bridgehead atoms. The van der Waals surface area contributed by atoms with E-state index in [1.54, 1.807) is 0 Å². The number of rotatable bonds is 5. The van der Waals surface area contributed by atoms with Crippen molar-refractivity contribution in [2.75, 3.05) is 0 Å². The summed E-state index contributed by atoms with van der Waals surface area (Å²) in [5.41, 5.74) is 10.7. The molecule has 234 valence electrons. The molecule has 0 aliphatic rings. The Kier molecular flexibility index (Phi) is 7.20. The molecule has 0 saturated carbocycles. The predicted octanol–water partition coefficient (Wildman–Crippen LogP) is 11.7. The smallest absolute Gasteiger partial charge is 0.126 e. The SMILES string of the molecule is C#C[Si](C)(c1cccc(-c2ccc(-c3c4ccccc4c(-c4ccc5ccccc5c4)c4ccccc34)cc2)c1)c1ccc2ccccc2c1. The molecule has 9 rings (SSSR count). The van der Waals surface area contributed by atoms with Gasteiger partial charge in [-0.05, 0) is 92.9 Å². The quantitative estimate of drug-likeness (QED) is 0.0988. The summed E-state index contributed by atoms with van der Waals surface area (Å²) in [7, 11) is -2.40. The van der Waals surface area contributed by atoms with Crippen LogP contribution in [0.4, 0.5) is 0 Å². The molecule has 0 aliphatic carbocycles. The number of hydrogen-bond donors (Lipinski definition) is 0. The molecule has 0 aromatic heterocycles. The zero-order valence-corrected chi connectivity index (χ0v) is 28.9. The molecule has 0 nitrogen and oxygen atoms in total. The van der Waals surface area contributed by atoms with Crippen molar-refractivity contribution in [1.82, 2.24) is 0 Å². The van der Waals surface area contributed by atoms with E-state index >= 15 is 0 Å². The highest BCUT2D eigenvalue weighted by molar-refractivity contribution is 7.07. The minimum atomic E-state index is -2.40. The lowest BCUT2D eigenvalue weighted by Crippen LogP contribution is -2.54. The average Bonchev–Trinajstić information content (AvgIpc) is 3.19. The van der Waals surface area contributed by atoms with E-state index in [0.29, 0.717) is 0 Å². The molecule has 0 spiro atoms. The Labute approximate surface area is 294 Å². The summed E-state index contributed by atoms with van der Waals surface area (Å²) in [5, 5.41) is 12.5. The van der Waals surface area contributed by atoms with E-state index in [0.717, 1.165) is 0 Å². The molecule has 1 atom stereocenters. The lowest BCUT2D eigenvalue weighted by Gasteiger charge is -2.23. The maximum absolute atomic E-state index is 6.36. The molecule has 1 unspecified atom stereocenters. The van der Waals surface area contributed by atoms with Crippen LogP contribution in [-0.4, -0.2) is 8.07 Å². The highest BCUT2D eigenvalue weighted by atomic mass is 28.3. The minimum absolute atomic E-state index is 1.18. The van der Waals surface area contributed by atoms with Crippen molar-refractivity contribution in [3.8, 4) is 45.3 Å². The van der Waals surface area contributed by atoms with Crippen molar-refractivity contribution in [2.24, 2.45) is 0 Å². The van der Waals surface area contributed by atoms with Gasteiger partial charge >= 0.3 is 0 Å². The fourth-order valence-corrected chi connectivity index (χ4v) is 10.2. The zero-order chi connectivity index (χ0) is 33.7. The van der Waals surface area contributed by atoms with Crippen LogP contribution in [-0.2, 0) is 0 Å². The lowest BCUT2D eigenvalue weighted by atomic mass is 9.85. The summed E-state index contributed by atoms with van der Waals surface area (Å²) < 4.78 is 0. The van der Waals surface area contributed by atoms with Crippen molar-refractivity contribution >= 4 is 61.5 Å². The Balaban J connectivity index is 1.14. The number of hydrogen-bond acceptors (Lipinski definition) is 0. The maximum atomic E-state index is 6.36. The molecule has 0 saturated heterocycles. The van der Waals surface area contributed by atoms with E-state index in [1.165, 1.54) is 86.8 Å². The molecule has 0 amide bonds. The van der Waals surface area contributed by atoms with Crippen molar-refractivity contribution in [1.29, 1.82) is 0 Å². The number of benzene rings is 9. The molecular weight excluding hydrogens is 617 g/mol. The molecular formula is C49H34Si. The van der Waals surface area contributed by atoms with Gasteiger partial charge in [0.15, 0.2) is 8.07 Å². The molecule has 0 fully saturated rings. The summed E-state index contributed by atoms with van der Waals surface area (Å²) in [6.07, 6.45) is 6.36. The summed E-state index contributed by atoms with van der Waals surface area (Å²) in [6, 6.07) is 66.4. The van der Waals surface area contributed by atoms with Gasteiger partial charge in [0.2, 0.25) is 0 Å². The van der Waals surface area contributed by atoms with E-state index in [1.807, 2.05) is 0 Å². The van der Waals surface area contributed by atoms with Crippen LogP contribution in [0.15, 0.2) is 182 Å². The average molecular weight is 651 g/mol. The topological polar surface area (TPSA) is 0 Å². The largest absolute Gasteiger partial charge is 0.195 e. The van der Waals surface area contributed by atoms with E-state index in [2.05, 4.69) is 194 Å². The highest BCUT2D eigenvalue weighted by Crippen LogP contribution is 2.44. The maximum Gasteiger partial charge on any atom is 0.195 e. The van der Waals surface area contributed by atoms with E-state index in [4.69, 9.17) is 6.42 Å². The Bertz CT molecular complexity index is 2730. The molecule has 9 aromatic carbocycles. The van der Waals surface area contributed by atoms with E-state index in [-0.39, 0.29) is 0 Å². The molecule has 0 N–H and O–H groups in total. The Hall–Kier alpha value is -6.20. The Morgan fingerprint density at radius 2 is 0.820 bits per heavy atom. The van der Waals surface area contributed by atoms with Gasteiger partial charge in [0.1, 0.15) is 0 Å². The van der Waals surface area contributed by atoms with Gasteiger partial charge in [-0.1, -0.05) is 182 Å². The lowest BCUT2D eigenvalue weighted by molar-refractivity contribution is 1.62. The van der Waals surface area contributed by atoms with Gasteiger partial charge in [-0.25, -0.2) is 0 Å². The first-order valence-corrected chi connectivity index (χ1v) is 19.7. The van der Waals surface area contributed by atoms with Gasteiger partial charge in [0.25, 0.3) is 0 Å². The van der Waals surface area contributed by atoms with Crippen LogP contribution in [0.1, 0.15) is 0 Å². The zero-order valence-electron chi connectivity index (χ0n) is 27.9. The Morgan fingerprint density at radius 3 is 1.42 bits per heavy atom. The minimum Gasteiger partial charge on any atom is -0.126 e. The standard InChI is InChI=1S/C49H34Si/c1-3-50(2,43-30-29-35-14-5-7-16-39(35)33-43)42-18-12-17-40(32-42)36-23-26-37(27-24-36)48-44-19-8-10-21-46(44)49(47-22-11-9-20-45(47)48)41-28-25-34-13-4-6-15-38(34)31-41/h1,4-33H,2H3. The van der Waals surface area contributed by atoms with Gasteiger partial charge in [-0.15, -0.1) is 12.0 Å². The second-order valence-electron chi connectivity index (χ2n) is 13.4. The highest BCUT2D eigenvalue weighted by Gasteiger charge is 2.30. The van der Waals surface area contributed by atoms with Crippen molar-refractivity contribution in [2.45, 2.75) is 6.55 Å². The second kappa shape index (κ2) is 12.0. The van der Waals surface area contributed by atoms with Crippen LogP contribution in [0.25, 0.3) is 76.5 Å². The number of terminal acetylenes is 1. The van der Waals surface area contributed by atoms with Crippen molar-refractivity contribution in [3.63, 3.8) is 0 Å². The van der Waals surface area contributed by atoms with Crippen LogP contribution >= 0.6 is 0 Å². The van der Waals surface area contributed by atoms with Gasteiger partial charge in [0.05, 0.1) is 0 Å². The molecule has 50 heavy (non-hydrogen) atoms. The summed E-state index contributed by atoms with van der Waals surface area (Å²) in [6.45, 7) is 2.29. The monoisotopic (exact) mass is 650 g/mol. The first-order chi connectivity index (χ1) is 24.6. The molecule has 0 aliphatic heterocycles. The third-order valence-electron chi connectivity index (χ3n) is 10.5.